The Hall–Kier alpha value is -2.31. The molecule has 0 aliphatic carbocycles. The molecule has 1 aromatic heterocycles. The Balaban J connectivity index is 1.78. The number of amides is 1. The van der Waals surface area contributed by atoms with Crippen molar-refractivity contribution in [1.29, 1.82) is 0 Å². The zero-order chi connectivity index (χ0) is 17.6. The smallest absolute Gasteiger partial charge is 0.225 e. The van der Waals surface area contributed by atoms with Gasteiger partial charge in [-0.05, 0) is 50.2 Å². The third-order valence-electron chi connectivity index (χ3n) is 3.71. The third kappa shape index (κ3) is 5.11. The van der Waals surface area contributed by atoms with Gasteiger partial charge in [-0.3, -0.25) is 4.79 Å². The van der Waals surface area contributed by atoms with E-state index in [0.29, 0.717) is 12.2 Å². The average molecular weight is 332 g/mol. The maximum absolute atomic E-state index is 12.1. The molecule has 0 spiro atoms. The number of ether oxygens (including phenoxy) is 1. The molecule has 130 valence electrons. The Morgan fingerprint density at radius 1 is 1.33 bits per heavy atom. The minimum atomic E-state index is -1.12. The van der Waals surface area contributed by atoms with Gasteiger partial charge in [-0.2, -0.15) is 0 Å². The van der Waals surface area contributed by atoms with Gasteiger partial charge in [-0.25, -0.2) is 0 Å². The highest BCUT2D eigenvalue weighted by Crippen LogP contribution is 2.20. The molecule has 0 bridgehead atoms. The van der Waals surface area contributed by atoms with Crippen molar-refractivity contribution in [2.75, 3.05) is 19.0 Å². The van der Waals surface area contributed by atoms with Gasteiger partial charge in [0.05, 0.1) is 13.4 Å². The minimum absolute atomic E-state index is 0.0929. The maximum atomic E-state index is 12.1. The number of furan rings is 1. The normalized spacial score (nSPS) is 14.7. The number of nitrogens with one attached hydrogen (secondary N) is 2. The molecule has 2 aromatic rings. The number of aliphatic hydroxyl groups is 1. The first kappa shape index (κ1) is 18.0. The van der Waals surface area contributed by atoms with Gasteiger partial charge in [0.1, 0.15) is 17.1 Å². The van der Waals surface area contributed by atoms with E-state index in [4.69, 9.17) is 9.15 Å². The van der Waals surface area contributed by atoms with E-state index < -0.39 is 5.60 Å². The number of anilines is 1. The SMILES string of the molecule is COc1ccc(NC(=O)CC(C)NCC(C)(O)c2ccco2)cc1. The Morgan fingerprint density at radius 3 is 2.62 bits per heavy atom. The van der Waals surface area contributed by atoms with Crippen molar-refractivity contribution in [3.8, 4) is 5.75 Å². The van der Waals surface area contributed by atoms with E-state index in [-0.39, 0.29) is 18.5 Å². The predicted molar refractivity (Wildman–Crippen MR) is 92.0 cm³/mol. The van der Waals surface area contributed by atoms with Crippen LogP contribution in [0.4, 0.5) is 5.69 Å². The molecule has 0 saturated carbocycles. The number of methoxy groups -OCH3 is 1. The summed E-state index contributed by atoms with van der Waals surface area (Å²) in [6, 6.07) is 10.5. The van der Waals surface area contributed by atoms with Crippen LogP contribution in [-0.4, -0.2) is 30.7 Å². The summed E-state index contributed by atoms with van der Waals surface area (Å²) in [4.78, 5) is 12.1. The fourth-order valence-corrected chi connectivity index (χ4v) is 2.28. The molecule has 24 heavy (non-hydrogen) atoms. The lowest BCUT2D eigenvalue weighted by Gasteiger charge is -2.24. The number of hydrogen-bond donors (Lipinski definition) is 3. The molecule has 6 heteroatoms. The molecule has 0 saturated heterocycles. The lowest BCUT2D eigenvalue weighted by molar-refractivity contribution is -0.116. The number of rotatable bonds is 8. The molecule has 2 unspecified atom stereocenters. The van der Waals surface area contributed by atoms with Crippen LogP contribution in [0, 0.1) is 0 Å². The zero-order valence-electron chi connectivity index (χ0n) is 14.2. The molecule has 1 amide bonds. The average Bonchev–Trinajstić information content (AvgIpc) is 3.09. The second-order valence-electron chi connectivity index (χ2n) is 6.01. The van der Waals surface area contributed by atoms with Gasteiger partial charge in [0.15, 0.2) is 0 Å². The van der Waals surface area contributed by atoms with Crippen LogP contribution in [0.2, 0.25) is 0 Å². The molecular formula is C18H24N2O4. The summed E-state index contributed by atoms with van der Waals surface area (Å²) in [5.41, 5.74) is -0.403. The van der Waals surface area contributed by atoms with E-state index in [2.05, 4.69) is 10.6 Å². The van der Waals surface area contributed by atoms with Crippen LogP contribution in [0.5, 0.6) is 5.75 Å². The van der Waals surface area contributed by atoms with E-state index in [1.165, 1.54) is 6.26 Å². The topological polar surface area (TPSA) is 83.7 Å². The van der Waals surface area contributed by atoms with Crippen molar-refractivity contribution in [2.24, 2.45) is 0 Å². The fraction of sp³-hybridized carbons (Fsp3) is 0.389. The highest BCUT2D eigenvalue weighted by atomic mass is 16.5. The van der Waals surface area contributed by atoms with Crippen LogP contribution in [0.25, 0.3) is 0 Å². The van der Waals surface area contributed by atoms with E-state index in [9.17, 15) is 9.90 Å². The number of carbonyl (C=O) groups is 1. The van der Waals surface area contributed by atoms with Crippen molar-refractivity contribution in [1.82, 2.24) is 5.32 Å². The fourth-order valence-electron chi connectivity index (χ4n) is 2.28. The molecule has 6 nitrogen and oxygen atoms in total. The molecule has 1 aromatic carbocycles. The second kappa shape index (κ2) is 7.99. The van der Waals surface area contributed by atoms with Gasteiger partial charge in [0.2, 0.25) is 5.91 Å². The number of carbonyl (C=O) groups excluding carboxylic acids is 1. The first-order valence-corrected chi connectivity index (χ1v) is 7.84. The molecule has 3 N–H and O–H groups in total. The lowest BCUT2D eigenvalue weighted by Crippen LogP contribution is -2.40. The van der Waals surface area contributed by atoms with Crippen LogP contribution in [0.15, 0.2) is 47.1 Å². The van der Waals surface area contributed by atoms with Gasteiger partial charge in [-0.1, -0.05) is 0 Å². The molecule has 0 radical (unpaired) electrons. The Labute approximate surface area is 141 Å². The standard InChI is InChI=1S/C18H24N2O4/c1-13(19-12-18(2,22)16-5-4-10-24-16)11-17(21)20-14-6-8-15(23-3)9-7-14/h4-10,13,19,22H,11-12H2,1-3H3,(H,20,21). The molecule has 0 aliphatic heterocycles. The van der Waals surface area contributed by atoms with Gasteiger partial charge in [0.25, 0.3) is 0 Å². The van der Waals surface area contributed by atoms with E-state index >= 15 is 0 Å². The van der Waals surface area contributed by atoms with Gasteiger partial charge < -0.3 is 24.9 Å². The Kier molecular flexibility index (Phi) is 6.00. The molecule has 2 atom stereocenters. The highest BCUT2D eigenvalue weighted by molar-refractivity contribution is 5.91. The summed E-state index contributed by atoms with van der Waals surface area (Å²) < 4.78 is 10.3. The summed E-state index contributed by atoms with van der Waals surface area (Å²) in [7, 11) is 1.60. The first-order valence-electron chi connectivity index (χ1n) is 7.84. The molecule has 0 fully saturated rings. The highest BCUT2D eigenvalue weighted by Gasteiger charge is 2.26. The molecular weight excluding hydrogens is 308 g/mol. The van der Waals surface area contributed by atoms with Crippen molar-refractivity contribution in [2.45, 2.75) is 31.9 Å². The first-order chi connectivity index (χ1) is 11.4. The van der Waals surface area contributed by atoms with Crippen molar-refractivity contribution < 1.29 is 19.1 Å². The second-order valence-corrected chi connectivity index (χ2v) is 6.01. The summed E-state index contributed by atoms with van der Waals surface area (Å²) >= 11 is 0. The summed E-state index contributed by atoms with van der Waals surface area (Å²) in [5.74, 6) is 1.13. The lowest BCUT2D eigenvalue weighted by atomic mass is 10.0. The zero-order valence-corrected chi connectivity index (χ0v) is 14.2. The maximum Gasteiger partial charge on any atom is 0.225 e. The van der Waals surface area contributed by atoms with E-state index in [1.54, 1.807) is 50.4 Å². The van der Waals surface area contributed by atoms with E-state index in [1.807, 2.05) is 6.92 Å². The summed E-state index contributed by atoms with van der Waals surface area (Å²) in [6.45, 7) is 3.85. The van der Waals surface area contributed by atoms with E-state index in [0.717, 1.165) is 11.4 Å². The predicted octanol–water partition coefficient (Wildman–Crippen LogP) is 2.50. The number of benzene rings is 1. The van der Waals surface area contributed by atoms with Gasteiger partial charge in [0, 0.05) is 24.7 Å². The van der Waals surface area contributed by atoms with Crippen molar-refractivity contribution in [3.05, 3.63) is 48.4 Å². The van der Waals surface area contributed by atoms with Gasteiger partial charge in [-0.15, -0.1) is 0 Å². The Morgan fingerprint density at radius 2 is 2.04 bits per heavy atom. The quantitative estimate of drug-likeness (QED) is 0.692. The van der Waals surface area contributed by atoms with Crippen molar-refractivity contribution >= 4 is 11.6 Å². The summed E-state index contributed by atoms with van der Waals surface area (Å²) in [6.07, 6.45) is 1.82. The summed E-state index contributed by atoms with van der Waals surface area (Å²) in [5, 5.41) is 16.4. The largest absolute Gasteiger partial charge is 0.497 e. The van der Waals surface area contributed by atoms with Crippen LogP contribution in [-0.2, 0) is 10.4 Å². The van der Waals surface area contributed by atoms with Crippen LogP contribution < -0.4 is 15.4 Å². The molecule has 1 heterocycles. The van der Waals surface area contributed by atoms with Crippen LogP contribution >= 0.6 is 0 Å². The van der Waals surface area contributed by atoms with Gasteiger partial charge >= 0.3 is 0 Å². The third-order valence-corrected chi connectivity index (χ3v) is 3.71. The molecule has 0 aliphatic rings. The van der Waals surface area contributed by atoms with Crippen molar-refractivity contribution in [3.63, 3.8) is 0 Å². The van der Waals surface area contributed by atoms with Crippen LogP contribution in [0.3, 0.4) is 0 Å². The minimum Gasteiger partial charge on any atom is -0.497 e. The monoisotopic (exact) mass is 332 g/mol. The molecule has 2 rings (SSSR count). The number of hydrogen-bond acceptors (Lipinski definition) is 5. The van der Waals surface area contributed by atoms with Crippen LogP contribution in [0.1, 0.15) is 26.0 Å². The Bertz CT molecular complexity index is 636.